The van der Waals surface area contributed by atoms with E-state index in [1.54, 1.807) is 36.4 Å². The van der Waals surface area contributed by atoms with Gasteiger partial charge in [-0.05, 0) is 5.56 Å². The molecule has 1 atom stereocenters. The number of hydrogen-bond acceptors (Lipinski definition) is 3. The van der Waals surface area contributed by atoms with Crippen LogP contribution >= 0.6 is 0 Å². The number of hydrogen-bond donors (Lipinski definition) is 0. The summed E-state index contributed by atoms with van der Waals surface area (Å²) in [6.45, 7) is 0.731. The van der Waals surface area contributed by atoms with Crippen LogP contribution in [0, 0.1) is 0 Å². The summed E-state index contributed by atoms with van der Waals surface area (Å²) in [5.41, 5.74) is 1.79. The highest BCUT2D eigenvalue weighted by molar-refractivity contribution is 6.49. The summed E-state index contributed by atoms with van der Waals surface area (Å²) in [5, 5.41) is 0. The molecule has 1 aliphatic rings. The van der Waals surface area contributed by atoms with E-state index in [0.717, 1.165) is 12.2 Å². The zero-order chi connectivity index (χ0) is 13.9. The molecule has 2 aromatic rings. The lowest BCUT2D eigenvalue weighted by Gasteiger charge is -2.06. The average molecular weight is 284 g/mol. The normalized spacial score (nSPS) is 15.9. The average Bonchev–Trinajstić information content (AvgIpc) is 3.31. The molecule has 3 rings (SSSR count). The van der Waals surface area contributed by atoms with Crippen molar-refractivity contribution in [2.75, 3.05) is 6.61 Å². The Morgan fingerprint density at radius 2 is 1.57 bits per heavy atom. The molecule has 1 fully saturated rings. The molecule has 0 aromatic heterocycles. The van der Waals surface area contributed by atoms with Gasteiger partial charge in [0.05, 0.1) is 12.7 Å². The van der Waals surface area contributed by atoms with E-state index in [4.69, 9.17) is 4.74 Å². The van der Waals surface area contributed by atoms with Crippen molar-refractivity contribution in [1.82, 2.24) is 0 Å². The molecular weight excluding hydrogens is 268 g/mol. The lowest BCUT2D eigenvalue weighted by atomic mass is 9.95. The predicted octanol–water partition coefficient (Wildman–Crippen LogP) is 1.87. The predicted molar refractivity (Wildman–Crippen MR) is 78.6 cm³/mol. The molecule has 1 saturated heterocycles. The zero-order valence-electron chi connectivity index (χ0n) is 11.4. The number of carbonyl (C=O) groups is 2. The SMILES string of the molecule is O.O=C(C(=O)c1ccccc1CC1CO1)c1ccccc1. The number of ether oxygens (including phenoxy) is 1. The Bertz CT molecular complexity index is 645. The third-order valence-electron chi connectivity index (χ3n) is 3.35. The topological polar surface area (TPSA) is 78.2 Å². The summed E-state index contributed by atoms with van der Waals surface area (Å²) in [5.74, 6) is -0.915. The van der Waals surface area contributed by atoms with Gasteiger partial charge in [-0.2, -0.15) is 0 Å². The van der Waals surface area contributed by atoms with Gasteiger partial charge in [0, 0.05) is 17.5 Å². The molecule has 4 nitrogen and oxygen atoms in total. The van der Waals surface area contributed by atoms with E-state index in [1.807, 2.05) is 18.2 Å². The van der Waals surface area contributed by atoms with Crippen LogP contribution < -0.4 is 0 Å². The second kappa shape index (κ2) is 6.43. The number of rotatable bonds is 5. The van der Waals surface area contributed by atoms with Gasteiger partial charge in [0.25, 0.3) is 0 Å². The van der Waals surface area contributed by atoms with Crippen LogP contribution in [0.3, 0.4) is 0 Å². The Hall–Kier alpha value is -2.30. The third kappa shape index (κ3) is 3.42. The van der Waals surface area contributed by atoms with Crippen molar-refractivity contribution in [3.8, 4) is 0 Å². The van der Waals surface area contributed by atoms with Crippen LogP contribution in [0.5, 0.6) is 0 Å². The smallest absolute Gasteiger partial charge is 0.233 e. The molecule has 2 N–H and O–H groups in total. The van der Waals surface area contributed by atoms with Gasteiger partial charge in [0.15, 0.2) is 0 Å². The van der Waals surface area contributed by atoms with Crippen molar-refractivity contribution >= 4 is 11.6 Å². The van der Waals surface area contributed by atoms with E-state index >= 15 is 0 Å². The molecular formula is C17H16O4. The fourth-order valence-corrected chi connectivity index (χ4v) is 2.19. The van der Waals surface area contributed by atoms with Gasteiger partial charge in [0.2, 0.25) is 11.6 Å². The first-order chi connectivity index (χ1) is 9.75. The summed E-state index contributed by atoms with van der Waals surface area (Å²) in [6, 6.07) is 15.9. The zero-order valence-corrected chi connectivity index (χ0v) is 11.4. The van der Waals surface area contributed by atoms with E-state index < -0.39 is 11.6 Å². The molecule has 0 bridgehead atoms. The van der Waals surface area contributed by atoms with Crippen molar-refractivity contribution in [1.29, 1.82) is 0 Å². The Kier molecular flexibility index (Phi) is 4.62. The summed E-state index contributed by atoms with van der Waals surface area (Å²) in [4.78, 5) is 24.6. The van der Waals surface area contributed by atoms with Gasteiger partial charge in [-0.15, -0.1) is 0 Å². The maximum absolute atomic E-state index is 12.4. The molecule has 1 unspecified atom stereocenters. The largest absolute Gasteiger partial charge is 0.412 e. The van der Waals surface area contributed by atoms with E-state index in [1.165, 1.54) is 0 Å². The van der Waals surface area contributed by atoms with Gasteiger partial charge in [-0.1, -0.05) is 54.6 Å². The van der Waals surface area contributed by atoms with Crippen molar-refractivity contribution in [3.05, 3.63) is 71.3 Å². The van der Waals surface area contributed by atoms with Crippen LogP contribution in [0.15, 0.2) is 54.6 Å². The molecule has 0 aliphatic carbocycles. The molecule has 1 heterocycles. The van der Waals surface area contributed by atoms with Crippen LogP contribution in [0.2, 0.25) is 0 Å². The highest BCUT2D eigenvalue weighted by atomic mass is 16.6. The maximum atomic E-state index is 12.4. The lowest BCUT2D eigenvalue weighted by molar-refractivity contribution is 0.0816. The lowest BCUT2D eigenvalue weighted by Crippen LogP contribution is -2.16. The molecule has 0 saturated carbocycles. The Labute approximate surface area is 122 Å². The van der Waals surface area contributed by atoms with Gasteiger partial charge in [-0.3, -0.25) is 9.59 Å². The van der Waals surface area contributed by atoms with Gasteiger partial charge in [0.1, 0.15) is 0 Å². The van der Waals surface area contributed by atoms with Crippen LogP contribution in [0.25, 0.3) is 0 Å². The van der Waals surface area contributed by atoms with E-state index in [9.17, 15) is 9.59 Å². The number of epoxide rings is 1. The Balaban J connectivity index is 0.00000161. The first kappa shape index (κ1) is 15.1. The minimum absolute atomic E-state index is 0. The summed E-state index contributed by atoms with van der Waals surface area (Å²) in [6.07, 6.45) is 0.875. The summed E-state index contributed by atoms with van der Waals surface area (Å²) >= 11 is 0. The fourth-order valence-electron chi connectivity index (χ4n) is 2.19. The maximum Gasteiger partial charge on any atom is 0.233 e. The number of carbonyl (C=O) groups excluding carboxylic acids is 2. The number of benzene rings is 2. The first-order valence-corrected chi connectivity index (χ1v) is 6.59. The van der Waals surface area contributed by atoms with Crippen LogP contribution in [-0.4, -0.2) is 29.8 Å². The van der Waals surface area contributed by atoms with E-state index in [-0.39, 0.29) is 11.6 Å². The van der Waals surface area contributed by atoms with Crippen molar-refractivity contribution in [2.24, 2.45) is 0 Å². The van der Waals surface area contributed by atoms with Crippen molar-refractivity contribution in [3.63, 3.8) is 0 Å². The highest BCUT2D eigenvalue weighted by Gasteiger charge is 2.26. The van der Waals surface area contributed by atoms with E-state index in [0.29, 0.717) is 17.5 Å². The highest BCUT2D eigenvalue weighted by Crippen LogP contribution is 2.20. The van der Waals surface area contributed by atoms with Gasteiger partial charge in [-0.25, -0.2) is 0 Å². The second-order valence-corrected chi connectivity index (χ2v) is 4.84. The van der Waals surface area contributed by atoms with Crippen molar-refractivity contribution in [2.45, 2.75) is 12.5 Å². The number of Topliss-reactive ketones (excluding diaryl/α,β-unsaturated/α-hetero) is 2. The molecule has 21 heavy (non-hydrogen) atoms. The minimum Gasteiger partial charge on any atom is -0.412 e. The molecule has 1 aliphatic heterocycles. The first-order valence-electron chi connectivity index (χ1n) is 6.59. The summed E-state index contributed by atoms with van der Waals surface area (Å²) in [7, 11) is 0. The fraction of sp³-hybridized carbons (Fsp3) is 0.176. The standard InChI is InChI=1S/C17H14O3.H2O/c18-16(12-6-2-1-3-7-12)17(19)15-9-5-4-8-13(15)10-14-11-20-14;/h1-9,14H,10-11H2;1H2. The number of ketones is 2. The van der Waals surface area contributed by atoms with Gasteiger partial charge >= 0.3 is 0 Å². The quantitative estimate of drug-likeness (QED) is 0.477. The molecule has 0 amide bonds. The minimum atomic E-state index is -0.463. The summed E-state index contributed by atoms with van der Waals surface area (Å²) < 4.78 is 5.20. The van der Waals surface area contributed by atoms with E-state index in [2.05, 4.69) is 0 Å². The monoisotopic (exact) mass is 284 g/mol. The Morgan fingerprint density at radius 3 is 2.24 bits per heavy atom. The van der Waals surface area contributed by atoms with Crippen LogP contribution in [-0.2, 0) is 11.2 Å². The second-order valence-electron chi connectivity index (χ2n) is 4.84. The molecule has 0 spiro atoms. The molecule has 108 valence electrons. The molecule has 0 radical (unpaired) electrons. The van der Waals surface area contributed by atoms with Crippen LogP contribution in [0.1, 0.15) is 26.3 Å². The molecule has 4 heteroatoms. The van der Waals surface area contributed by atoms with Crippen molar-refractivity contribution < 1.29 is 19.8 Å². The third-order valence-corrected chi connectivity index (χ3v) is 3.35. The molecule has 2 aromatic carbocycles. The Morgan fingerprint density at radius 1 is 0.952 bits per heavy atom. The van der Waals surface area contributed by atoms with Gasteiger partial charge < -0.3 is 10.2 Å². The van der Waals surface area contributed by atoms with Crippen LogP contribution in [0.4, 0.5) is 0 Å².